The van der Waals surface area contributed by atoms with Crippen LogP contribution in [0.4, 0.5) is 0 Å². The average molecular weight is 387 g/mol. The van der Waals surface area contributed by atoms with Crippen molar-refractivity contribution in [3.05, 3.63) is 63.8 Å². The van der Waals surface area contributed by atoms with Crippen molar-refractivity contribution in [1.82, 2.24) is 0 Å². The van der Waals surface area contributed by atoms with Crippen molar-refractivity contribution < 1.29 is 19.7 Å². The molecule has 6 heteroatoms. The molecule has 2 aromatic carbocycles. The highest BCUT2D eigenvalue weighted by atomic mass is 35.5. The second kappa shape index (κ2) is 7.64. The van der Waals surface area contributed by atoms with Crippen LogP contribution in [0.5, 0.6) is 11.5 Å². The lowest BCUT2D eigenvalue weighted by atomic mass is 9.96. The maximum atomic E-state index is 10.9. The number of phenolic OH excluding ortho intramolecular Hbond substituents is 1. The number of carboxylic acids is 1. The Morgan fingerprint density at radius 1 is 1.15 bits per heavy atom. The zero-order valence-corrected chi connectivity index (χ0v) is 15.3. The number of aromatic hydroxyl groups is 1. The summed E-state index contributed by atoms with van der Waals surface area (Å²) in [4.78, 5) is 11.7. The van der Waals surface area contributed by atoms with Crippen molar-refractivity contribution in [1.29, 1.82) is 0 Å². The first-order chi connectivity index (χ1) is 12.5. The lowest BCUT2D eigenvalue weighted by Crippen LogP contribution is -1.90. The molecule has 132 valence electrons. The van der Waals surface area contributed by atoms with Crippen LogP contribution < -0.4 is 4.74 Å². The third-order valence-electron chi connectivity index (χ3n) is 3.81. The number of phenols is 1. The number of thiophene rings is 1. The first-order valence-electron chi connectivity index (χ1n) is 7.65. The van der Waals surface area contributed by atoms with Gasteiger partial charge >= 0.3 is 5.97 Å². The molecule has 3 aromatic rings. The molecule has 0 unspecified atom stereocenters. The Kier molecular flexibility index (Phi) is 5.30. The molecular weight excluding hydrogens is 372 g/mol. The normalized spacial score (nSPS) is 11.0. The first-order valence-corrected chi connectivity index (χ1v) is 8.91. The fourth-order valence-corrected chi connectivity index (χ4v) is 3.80. The predicted octanol–water partition coefficient (Wildman–Crippen LogP) is 5.55. The van der Waals surface area contributed by atoms with Crippen molar-refractivity contribution in [2.75, 3.05) is 7.11 Å². The van der Waals surface area contributed by atoms with Crippen LogP contribution in [0.1, 0.15) is 4.88 Å². The lowest BCUT2D eigenvalue weighted by molar-refractivity contribution is -0.131. The molecular formula is C20H15ClO4S. The summed E-state index contributed by atoms with van der Waals surface area (Å²) in [6.45, 7) is 0. The predicted molar refractivity (Wildman–Crippen MR) is 105 cm³/mol. The van der Waals surface area contributed by atoms with Crippen molar-refractivity contribution in [2.45, 2.75) is 0 Å². The van der Waals surface area contributed by atoms with Crippen molar-refractivity contribution in [2.24, 2.45) is 0 Å². The molecule has 2 N–H and O–H groups in total. The van der Waals surface area contributed by atoms with Gasteiger partial charge in [0.05, 0.1) is 7.11 Å². The van der Waals surface area contributed by atoms with Gasteiger partial charge < -0.3 is 14.9 Å². The van der Waals surface area contributed by atoms with Gasteiger partial charge in [0.2, 0.25) is 0 Å². The molecule has 1 aromatic heterocycles. The number of carboxylic acid groups (broad SMARTS) is 1. The molecule has 4 nitrogen and oxygen atoms in total. The van der Waals surface area contributed by atoms with Gasteiger partial charge in [-0.25, -0.2) is 4.79 Å². The van der Waals surface area contributed by atoms with Gasteiger partial charge in [-0.3, -0.25) is 0 Å². The zero-order chi connectivity index (χ0) is 18.7. The summed E-state index contributed by atoms with van der Waals surface area (Å²) in [5.41, 5.74) is 3.49. The van der Waals surface area contributed by atoms with E-state index in [1.165, 1.54) is 11.3 Å². The van der Waals surface area contributed by atoms with Crippen LogP contribution in [0.15, 0.2) is 53.9 Å². The molecule has 0 fully saturated rings. The highest BCUT2D eigenvalue weighted by Crippen LogP contribution is 2.44. The van der Waals surface area contributed by atoms with Crippen molar-refractivity contribution in [3.63, 3.8) is 0 Å². The highest BCUT2D eigenvalue weighted by molar-refractivity contribution is 7.12. The van der Waals surface area contributed by atoms with Crippen LogP contribution >= 0.6 is 22.9 Å². The minimum atomic E-state index is -1.01. The molecule has 0 aliphatic rings. The van der Waals surface area contributed by atoms with Gasteiger partial charge in [-0.15, -0.1) is 11.3 Å². The van der Waals surface area contributed by atoms with E-state index in [4.69, 9.17) is 21.4 Å². The molecule has 26 heavy (non-hydrogen) atoms. The summed E-state index contributed by atoms with van der Waals surface area (Å²) >= 11 is 7.50. The number of ether oxygens (including phenoxy) is 1. The third-order valence-corrected chi connectivity index (χ3v) is 4.99. The van der Waals surface area contributed by atoms with E-state index in [-0.39, 0.29) is 5.75 Å². The lowest BCUT2D eigenvalue weighted by Gasteiger charge is -2.11. The van der Waals surface area contributed by atoms with Crippen LogP contribution in [-0.2, 0) is 4.79 Å². The fraction of sp³-hybridized carbons (Fsp3) is 0.0500. The number of halogens is 1. The van der Waals surface area contributed by atoms with Gasteiger partial charge in [0.1, 0.15) is 11.5 Å². The van der Waals surface area contributed by atoms with E-state index >= 15 is 0 Å². The van der Waals surface area contributed by atoms with E-state index in [0.29, 0.717) is 10.8 Å². The van der Waals surface area contributed by atoms with Crippen LogP contribution in [-0.4, -0.2) is 23.3 Å². The Morgan fingerprint density at radius 3 is 2.54 bits per heavy atom. The summed E-state index contributed by atoms with van der Waals surface area (Å²) in [5.74, 6) is -0.220. The van der Waals surface area contributed by atoms with Crippen LogP contribution in [0, 0.1) is 0 Å². The first kappa shape index (κ1) is 18.0. The number of hydrogen-bond acceptors (Lipinski definition) is 4. The number of carbonyl (C=O) groups is 1. The zero-order valence-electron chi connectivity index (χ0n) is 13.8. The molecule has 3 rings (SSSR count). The van der Waals surface area contributed by atoms with Gasteiger partial charge in [0.15, 0.2) is 0 Å². The number of benzene rings is 2. The standard InChI is InChI=1S/C20H15ClO4S/c1-25-17-10-13(21)4-7-15(17)16-11-26-18(8-9-19(23)24)20(16)12-2-5-14(22)6-3-12/h2-11,22H,1H3,(H,23,24). The molecule has 0 atom stereocenters. The largest absolute Gasteiger partial charge is 0.508 e. The van der Waals surface area contributed by atoms with E-state index in [9.17, 15) is 9.90 Å². The Morgan fingerprint density at radius 2 is 1.88 bits per heavy atom. The summed E-state index contributed by atoms with van der Waals surface area (Å²) in [6.07, 6.45) is 2.68. The van der Waals surface area contributed by atoms with Gasteiger partial charge in [0.25, 0.3) is 0 Å². The summed E-state index contributed by atoms with van der Waals surface area (Å²) in [5, 5.41) is 21.1. The maximum absolute atomic E-state index is 10.9. The molecule has 0 amide bonds. The molecule has 0 aliphatic carbocycles. The third kappa shape index (κ3) is 3.74. The average Bonchev–Trinajstić information content (AvgIpc) is 3.04. The molecule has 0 aliphatic heterocycles. The van der Waals surface area contributed by atoms with Crippen LogP contribution in [0.2, 0.25) is 5.02 Å². The summed E-state index contributed by atoms with van der Waals surface area (Å²) in [7, 11) is 1.58. The number of methoxy groups -OCH3 is 1. The van der Waals surface area contributed by atoms with Gasteiger partial charge in [-0.1, -0.05) is 23.7 Å². The maximum Gasteiger partial charge on any atom is 0.328 e. The Hall–Kier alpha value is -2.76. The topological polar surface area (TPSA) is 66.8 Å². The van der Waals surface area contributed by atoms with Crippen LogP contribution in [0.3, 0.4) is 0 Å². The minimum absolute atomic E-state index is 0.164. The highest BCUT2D eigenvalue weighted by Gasteiger charge is 2.17. The number of rotatable bonds is 5. The van der Waals surface area contributed by atoms with E-state index in [0.717, 1.165) is 33.2 Å². The smallest absolute Gasteiger partial charge is 0.328 e. The fourth-order valence-electron chi connectivity index (χ4n) is 2.65. The number of aliphatic carboxylic acids is 1. The summed E-state index contributed by atoms with van der Waals surface area (Å²) in [6, 6.07) is 12.2. The Bertz CT molecular complexity index is 974. The molecule has 1 heterocycles. The minimum Gasteiger partial charge on any atom is -0.508 e. The van der Waals surface area contributed by atoms with E-state index in [1.807, 2.05) is 11.4 Å². The molecule has 0 saturated heterocycles. The quantitative estimate of drug-likeness (QED) is 0.564. The van der Waals surface area contributed by atoms with Crippen molar-refractivity contribution in [3.8, 4) is 33.8 Å². The molecule has 0 spiro atoms. The van der Waals surface area contributed by atoms with E-state index in [2.05, 4.69) is 0 Å². The summed E-state index contributed by atoms with van der Waals surface area (Å²) < 4.78 is 5.47. The van der Waals surface area contributed by atoms with Crippen LogP contribution in [0.25, 0.3) is 28.3 Å². The Balaban J connectivity index is 2.23. The monoisotopic (exact) mass is 386 g/mol. The van der Waals surface area contributed by atoms with Gasteiger partial charge in [0, 0.05) is 32.7 Å². The van der Waals surface area contributed by atoms with Gasteiger partial charge in [-0.2, -0.15) is 0 Å². The van der Waals surface area contributed by atoms with E-state index in [1.54, 1.807) is 49.6 Å². The SMILES string of the molecule is COc1cc(Cl)ccc1-c1csc(C=CC(=O)O)c1-c1ccc(O)cc1. The second-order valence-electron chi connectivity index (χ2n) is 5.45. The Labute approximate surface area is 159 Å². The molecule has 0 radical (unpaired) electrons. The van der Waals surface area contributed by atoms with E-state index < -0.39 is 5.97 Å². The molecule has 0 saturated carbocycles. The van der Waals surface area contributed by atoms with Gasteiger partial charge in [-0.05, 0) is 47.4 Å². The second-order valence-corrected chi connectivity index (χ2v) is 6.80. The van der Waals surface area contributed by atoms with Crippen molar-refractivity contribution >= 4 is 35.0 Å². The molecule has 0 bridgehead atoms. The number of hydrogen-bond donors (Lipinski definition) is 2.